The van der Waals surface area contributed by atoms with Crippen LogP contribution < -0.4 is 15.5 Å². The van der Waals surface area contributed by atoms with Crippen LogP contribution in [-0.2, 0) is 4.79 Å². The number of allylic oxidation sites excluding steroid dienone is 1. The molecule has 1 aliphatic rings. The number of anilines is 3. The third-order valence-corrected chi connectivity index (χ3v) is 6.37. The maximum Gasteiger partial charge on any atom is 0.158 e. The van der Waals surface area contributed by atoms with Crippen LogP contribution in [0.4, 0.5) is 17.3 Å². The summed E-state index contributed by atoms with van der Waals surface area (Å²) >= 11 is 7.20. The number of benzene rings is 1. The van der Waals surface area contributed by atoms with E-state index < -0.39 is 0 Å². The Morgan fingerprint density at radius 1 is 1.29 bits per heavy atom. The van der Waals surface area contributed by atoms with E-state index in [9.17, 15) is 4.79 Å². The zero-order valence-electron chi connectivity index (χ0n) is 20.5. The molecule has 2 aromatic rings. The van der Waals surface area contributed by atoms with Crippen LogP contribution >= 0.6 is 23.4 Å². The Morgan fingerprint density at radius 2 is 2.03 bits per heavy atom. The molecule has 1 aromatic heterocycles. The van der Waals surface area contributed by atoms with Gasteiger partial charge in [0.05, 0.1) is 28.1 Å². The number of halogens is 1. The SMILES string of the molecule is C=N/C=C(/C=O)SCNc1cc(N2CCN(CCO)CC2)nc(C)n1.CNc1c(C)cccc1Cl. The van der Waals surface area contributed by atoms with Crippen LogP contribution in [0.1, 0.15) is 11.4 Å². The summed E-state index contributed by atoms with van der Waals surface area (Å²) in [6, 6.07) is 7.77. The predicted octanol–water partition coefficient (Wildman–Crippen LogP) is 3.43. The van der Waals surface area contributed by atoms with Gasteiger partial charge in [0.25, 0.3) is 0 Å². The molecule has 0 bridgehead atoms. The Balaban J connectivity index is 0.000000360. The van der Waals surface area contributed by atoms with Gasteiger partial charge in [-0.15, -0.1) is 0 Å². The average molecular weight is 520 g/mol. The minimum atomic E-state index is 0.191. The van der Waals surface area contributed by atoms with Crippen molar-refractivity contribution >= 4 is 53.7 Å². The highest BCUT2D eigenvalue weighted by Gasteiger charge is 2.18. The first kappa shape index (κ1) is 28.6. The molecule has 0 amide bonds. The number of aldehydes is 1. The Morgan fingerprint density at radius 3 is 2.60 bits per heavy atom. The molecule has 11 heteroatoms. The van der Waals surface area contributed by atoms with Gasteiger partial charge in [-0.1, -0.05) is 35.5 Å². The molecule has 0 atom stereocenters. The third kappa shape index (κ3) is 9.48. The molecule has 1 aliphatic heterocycles. The summed E-state index contributed by atoms with van der Waals surface area (Å²) in [7, 11) is 1.87. The quantitative estimate of drug-likeness (QED) is 0.188. The van der Waals surface area contributed by atoms with E-state index in [1.54, 1.807) is 0 Å². The number of aliphatic imine (C=N–C) groups is 1. The van der Waals surface area contributed by atoms with Gasteiger partial charge in [0, 0.05) is 52.0 Å². The smallest absolute Gasteiger partial charge is 0.158 e. The summed E-state index contributed by atoms with van der Waals surface area (Å²) in [5.41, 5.74) is 2.19. The summed E-state index contributed by atoms with van der Waals surface area (Å²) in [6.07, 6.45) is 2.19. The number of aliphatic hydroxyl groups is 1. The van der Waals surface area contributed by atoms with Crippen LogP contribution in [0.3, 0.4) is 0 Å². The predicted molar refractivity (Wildman–Crippen MR) is 148 cm³/mol. The maximum atomic E-state index is 10.9. The fourth-order valence-corrected chi connectivity index (χ4v) is 4.40. The molecular formula is C24H34ClN7O2S. The van der Waals surface area contributed by atoms with E-state index in [4.69, 9.17) is 16.7 Å². The van der Waals surface area contributed by atoms with Gasteiger partial charge in [-0.3, -0.25) is 14.7 Å². The first-order chi connectivity index (χ1) is 16.9. The number of rotatable bonds is 10. The molecule has 35 heavy (non-hydrogen) atoms. The molecule has 1 aromatic carbocycles. The number of aryl methyl sites for hydroxylation is 2. The van der Waals surface area contributed by atoms with Gasteiger partial charge in [0.1, 0.15) is 17.5 Å². The molecule has 1 saturated heterocycles. The van der Waals surface area contributed by atoms with Gasteiger partial charge in [-0.05, 0) is 32.2 Å². The summed E-state index contributed by atoms with van der Waals surface area (Å²) in [4.78, 5) is 28.4. The molecule has 1 fully saturated rings. The lowest BCUT2D eigenvalue weighted by Crippen LogP contribution is -2.47. The fourth-order valence-electron chi connectivity index (χ4n) is 3.48. The highest BCUT2D eigenvalue weighted by molar-refractivity contribution is 8.03. The number of carbonyl (C=O) groups is 1. The van der Waals surface area contributed by atoms with Crippen LogP contribution in [0.5, 0.6) is 0 Å². The molecule has 3 rings (SSSR count). The molecule has 0 aliphatic carbocycles. The molecule has 0 saturated carbocycles. The number of β-amino-alcohol motifs (C(OH)–C–C–N with tert-alkyl or cyclic N) is 1. The number of thioether (sulfide) groups is 1. The van der Waals surface area contributed by atoms with Crippen molar-refractivity contribution in [2.45, 2.75) is 13.8 Å². The highest BCUT2D eigenvalue weighted by atomic mass is 35.5. The monoisotopic (exact) mass is 519 g/mol. The van der Waals surface area contributed by atoms with Crippen molar-refractivity contribution in [1.82, 2.24) is 14.9 Å². The minimum Gasteiger partial charge on any atom is -0.395 e. The van der Waals surface area contributed by atoms with Crippen LogP contribution in [0.15, 0.2) is 40.4 Å². The first-order valence-electron chi connectivity index (χ1n) is 11.3. The number of para-hydroxylation sites is 1. The van der Waals surface area contributed by atoms with Crippen LogP contribution in [0.25, 0.3) is 0 Å². The van der Waals surface area contributed by atoms with Gasteiger partial charge in [-0.2, -0.15) is 0 Å². The Labute approximate surface area is 216 Å². The van der Waals surface area contributed by atoms with Crippen LogP contribution in [0.2, 0.25) is 5.02 Å². The van der Waals surface area contributed by atoms with Crippen molar-refractivity contribution in [2.75, 3.05) is 67.8 Å². The normalized spacial score (nSPS) is 14.1. The molecule has 0 spiro atoms. The lowest BCUT2D eigenvalue weighted by atomic mass is 10.2. The summed E-state index contributed by atoms with van der Waals surface area (Å²) < 4.78 is 0. The zero-order chi connectivity index (χ0) is 25.6. The third-order valence-electron chi connectivity index (χ3n) is 5.24. The van der Waals surface area contributed by atoms with Crippen LogP contribution in [0, 0.1) is 13.8 Å². The molecule has 190 valence electrons. The van der Waals surface area contributed by atoms with Crippen LogP contribution in [-0.4, -0.2) is 85.2 Å². The molecule has 2 heterocycles. The zero-order valence-corrected chi connectivity index (χ0v) is 22.1. The van der Waals surface area contributed by atoms with Crippen molar-refractivity contribution in [1.29, 1.82) is 0 Å². The van der Waals surface area contributed by atoms with E-state index in [2.05, 4.69) is 42.1 Å². The van der Waals surface area contributed by atoms with Gasteiger partial charge in [-0.25, -0.2) is 9.97 Å². The Kier molecular flexibility index (Phi) is 12.5. The number of nitrogens with one attached hydrogen (secondary N) is 2. The van der Waals surface area contributed by atoms with Gasteiger partial charge in [0.15, 0.2) is 6.29 Å². The molecule has 0 radical (unpaired) electrons. The minimum absolute atomic E-state index is 0.191. The van der Waals surface area contributed by atoms with Gasteiger partial charge >= 0.3 is 0 Å². The summed E-state index contributed by atoms with van der Waals surface area (Å²) in [5.74, 6) is 2.81. The molecule has 0 unspecified atom stereocenters. The van der Waals surface area contributed by atoms with E-state index in [-0.39, 0.29) is 6.61 Å². The van der Waals surface area contributed by atoms with Crippen molar-refractivity contribution in [3.63, 3.8) is 0 Å². The first-order valence-corrected chi connectivity index (χ1v) is 12.6. The number of hydrogen-bond donors (Lipinski definition) is 3. The number of piperazine rings is 1. The lowest BCUT2D eigenvalue weighted by Gasteiger charge is -2.35. The van der Waals surface area contributed by atoms with E-state index >= 15 is 0 Å². The van der Waals surface area contributed by atoms with Crippen molar-refractivity contribution in [3.05, 3.63) is 51.8 Å². The number of hydrogen-bond acceptors (Lipinski definition) is 10. The van der Waals surface area contributed by atoms with E-state index in [1.165, 1.54) is 23.5 Å². The van der Waals surface area contributed by atoms with Crippen molar-refractivity contribution in [3.8, 4) is 0 Å². The van der Waals surface area contributed by atoms with E-state index in [0.29, 0.717) is 23.2 Å². The molecule has 9 nitrogen and oxygen atoms in total. The maximum absolute atomic E-state index is 10.9. The van der Waals surface area contributed by atoms with Gasteiger partial charge in [0.2, 0.25) is 0 Å². The number of carbonyl (C=O) groups excluding carboxylic acids is 1. The molecular weight excluding hydrogens is 486 g/mol. The topological polar surface area (TPSA) is 106 Å². The van der Waals surface area contributed by atoms with Crippen molar-refractivity contribution in [2.24, 2.45) is 4.99 Å². The van der Waals surface area contributed by atoms with Gasteiger partial charge < -0.3 is 20.6 Å². The standard InChI is InChI=1S/C16H24N6O2S.C8H10ClN/c1-13-19-15(18-12-25-14(11-24)10-17-2)9-16(20-13)22-5-3-21(4-6-22)7-8-23;1-6-4-3-5-7(9)8(6)10-2/h9-11,23H,2-8,12H2,1H3,(H,18,19,20);3-5,10H,1-2H3/b14-10-;. The Bertz CT molecular complexity index is 978. The second kappa shape index (κ2) is 15.4. The second-order valence-electron chi connectivity index (χ2n) is 7.69. The number of aromatic nitrogens is 2. The molecule has 3 N–H and O–H groups in total. The average Bonchev–Trinajstić information content (AvgIpc) is 2.84. The highest BCUT2D eigenvalue weighted by Crippen LogP contribution is 2.24. The fraction of sp³-hybridized carbons (Fsp3) is 0.417. The number of aliphatic hydroxyl groups excluding tert-OH is 1. The number of nitrogens with zero attached hydrogens (tertiary/aromatic N) is 5. The largest absolute Gasteiger partial charge is 0.395 e. The second-order valence-corrected chi connectivity index (χ2v) is 9.15. The van der Waals surface area contributed by atoms with E-state index in [1.807, 2.05) is 45.2 Å². The van der Waals surface area contributed by atoms with E-state index in [0.717, 1.165) is 54.8 Å². The van der Waals surface area contributed by atoms with Crippen molar-refractivity contribution < 1.29 is 9.90 Å². The summed E-state index contributed by atoms with van der Waals surface area (Å²) in [6.45, 7) is 11.7. The Hall–Kier alpha value is -2.66. The summed E-state index contributed by atoms with van der Waals surface area (Å²) in [5, 5.41) is 16.0. The lowest BCUT2D eigenvalue weighted by molar-refractivity contribution is -0.104.